The zero-order valence-electron chi connectivity index (χ0n) is 11.2. The maximum atomic E-state index is 12.1. The van der Waals surface area contributed by atoms with E-state index >= 15 is 0 Å². The molecule has 104 valence electrons. The maximum absolute atomic E-state index is 12.1. The molecule has 5 nitrogen and oxygen atoms in total. The van der Waals surface area contributed by atoms with Crippen molar-refractivity contribution in [3.05, 3.63) is 53.7 Å². The Morgan fingerprint density at radius 3 is 2.30 bits per heavy atom. The molecule has 0 saturated heterocycles. The molecular formula is C15H15NO4. The Balaban J connectivity index is 2.17. The average molecular weight is 273 g/mol. The smallest absolute Gasteiger partial charge is 0.212 e. The molecule has 2 aromatic rings. The van der Waals surface area contributed by atoms with Crippen molar-refractivity contribution in [2.75, 3.05) is 14.2 Å². The number of hydrogen-bond acceptors (Lipinski definition) is 5. The fourth-order valence-electron chi connectivity index (χ4n) is 1.74. The lowest BCUT2D eigenvalue weighted by atomic mass is 10.0. The highest BCUT2D eigenvalue weighted by Crippen LogP contribution is 2.21. The van der Waals surface area contributed by atoms with Gasteiger partial charge in [-0.15, -0.1) is 0 Å². The van der Waals surface area contributed by atoms with Gasteiger partial charge in [0, 0.05) is 17.8 Å². The first kappa shape index (κ1) is 14.0. The highest BCUT2D eigenvalue weighted by Gasteiger charge is 2.19. The van der Waals surface area contributed by atoms with Gasteiger partial charge in [0.25, 0.3) is 0 Å². The number of aromatic nitrogens is 1. The molecule has 1 aromatic heterocycles. The molecule has 0 spiro atoms. The van der Waals surface area contributed by atoms with E-state index in [0.717, 1.165) is 0 Å². The molecule has 0 bridgehead atoms. The van der Waals surface area contributed by atoms with Crippen molar-refractivity contribution in [2.24, 2.45) is 0 Å². The highest BCUT2D eigenvalue weighted by molar-refractivity contribution is 5.99. The number of benzene rings is 1. The monoisotopic (exact) mass is 273 g/mol. The minimum absolute atomic E-state index is 0.328. The molecule has 0 aliphatic carbocycles. The van der Waals surface area contributed by atoms with E-state index in [2.05, 4.69) is 4.98 Å². The highest BCUT2D eigenvalue weighted by atomic mass is 16.5. The summed E-state index contributed by atoms with van der Waals surface area (Å²) >= 11 is 0. The van der Waals surface area contributed by atoms with Gasteiger partial charge in [-0.05, 0) is 23.8 Å². The third-order valence-electron chi connectivity index (χ3n) is 2.91. The van der Waals surface area contributed by atoms with Gasteiger partial charge in [-0.25, -0.2) is 4.98 Å². The van der Waals surface area contributed by atoms with Gasteiger partial charge in [0.15, 0.2) is 5.78 Å². The van der Waals surface area contributed by atoms with Gasteiger partial charge < -0.3 is 14.6 Å². The van der Waals surface area contributed by atoms with Gasteiger partial charge >= 0.3 is 0 Å². The van der Waals surface area contributed by atoms with Crippen LogP contribution in [0.5, 0.6) is 11.6 Å². The summed E-state index contributed by atoms with van der Waals surface area (Å²) in [5.41, 5.74) is 0.834. The van der Waals surface area contributed by atoms with Crippen molar-refractivity contribution in [2.45, 2.75) is 6.10 Å². The second-order valence-corrected chi connectivity index (χ2v) is 4.13. The average Bonchev–Trinajstić information content (AvgIpc) is 2.53. The van der Waals surface area contributed by atoms with Gasteiger partial charge in [0.2, 0.25) is 5.88 Å². The van der Waals surface area contributed by atoms with E-state index in [1.54, 1.807) is 43.5 Å². The number of aliphatic hydroxyl groups is 1. The molecule has 0 aliphatic rings. The normalized spacial score (nSPS) is 11.8. The number of pyridine rings is 1. The molecule has 1 heterocycles. The summed E-state index contributed by atoms with van der Waals surface area (Å²) in [5.74, 6) is 0.672. The lowest BCUT2D eigenvalue weighted by molar-refractivity contribution is 0.0747. The van der Waals surface area contributed by atoms with E-state index in [4.69, 9.17) is 9.47 Å². The van der Waals surface area contributed by atoms with E-state index in [1.165, 1.54) is 13.3 Å². The molecular weight excluding hydrogens is 258 g/mol. The summed E-state index contributed by atoms with van der Waals surface area (Å²) in [6.07, 6.45) is 0.157. The third-order valence-corrected chi connectivity index (χ3v) is 2.91. The van der Waals surface area contributed by atoms with E-state index in [-0.39, 0.29) is 0 Å². The van der Waals surface area contributed by atoms with Gasteiger partial charge in [0.1, 0.15) is 11.9 Å². The Hall–Kier alpha value is -2.40. The third kappa shape index (κ3) is 2.95. The quantitative estimate of drug-likeness (QED) is 0.844. The topological polar surface area (TPSA) is 68.7 Å². The van der Waals surface area contributed by atoms with Crippen LogP contribution in [0.15, 0.2) is 42.6 Å². The number of methoxy groups -OCH3 is 2. The van der Waals surface area contributed by atoms with Crippen LogP contribution in [0.2, 0.25) is 0 Å². The van der Waals surface area contributed by atoms with Crippen molar-refractivity contribution in [1.29, 1.82) is 0 Å². The zero-order valence-corrected chi connectivity index (χ0v) is 11.2. The van der Waals surface area contributed by atoms with E-state index < -0.39 is 11.9 Å². The molecule has 1 aromatic carbocycles. The molecule has 1 N–H and O–H groups in total. The van der Waals surface area contributed by atoms with Gasteiger partial charge in [0.05, 0.1) is 14.2 Å². The Bertz CT molecular complexity index is 578. The molecule has 20 heavy (non-hydrogen) atoms. The van der Waals surface area contributed by atoms with Crippen LogP contribution in [0.3, 0.4) is 0 Å². The molecule has 1 unspecified atom stereocenters. The van der Waals surface area contributed by atoms with Crippen molar-refractivity contribution in [3.63, 3.8) is 0 Å². The van der Waals surface area contributed by atoms with Crippen LogP contribution in [0.4, 0.5) is 0 Å². The first-order chi connectivity index (χ1) is 9.65. The lowest BCUT2D eigenvalue weighted by Crippen LogP contribution is -2.12. The molecule has 5 heteroatoms. The second-order valence-electron chi connectivity index (χ2n) is 4.13. The summed E-state index contributed by atoms with van der Waals surface area (Å²) in [4.78, 5) is 16.1. The molecule has 0 amide bonds. The molecule has 0 saturated carbocycles. The van der Waals surface area contributed by atoms with E-state index in [1.807, 2.05) is 0 Å². The van der Waals surface area contributed by atoms with Crippen LogP contribution in [-0.4, -0.2) is 30.1 Å². The number of aliphatic hydroxyl groups excluding tert-OH is 1. The number of ether oxygens (including phenoxy) is 2. The van der Waals surface area contributed by atoms with Crippen molar-refractivity contribution in [1.82, 2.24) is 4.98 Å². The van der Waals surface area contributed by atoms with Crippen LogP contribution in [0, 0.1) is 0 Å². The minimum Gasteiger partial charge on any atom is -0.497 e. The number of ketones is 1. The predicted octanol–water partition coefficient (Wildman–Crippen LogP) is 2.02. The standard InChI is InChI=1S/C15H15NO4/c1-19-12-6-3-10(4-7-12)14(17)15(18)11-5-8-13(20-2)16-9-11/h3-9,14,17H,1-2H3. The van der Waals surface area contributed by atoms with E-state index in [9.17, 15) is 9.90 Å². The number of carbonyl (C=O) groups is 1. The SMILES string of the molecule is COc1ccc(C(O)C(=O)c2ccc(OC)nc2)cc1. The van der Waals surface area contributed by atoms with Crippen molar-refractivity contribution >= 4 is 5.78 Å². The fraction of sp³-hybridized carbons (Fsp3) is 0.200. The molecule has 0 aliphatic heterocycles. The zero-order chi connectivity index (χ0) is 14.5. The van der Waals surface area contributed by atoms with Crippen molar-refractivity contribution < 1.29 is 19.4 Å². The summed E-state index contributed by atoms with van der Waals surface area (Å²) in [6.45, 7) is 0. The predicted molar refractivity (Wildman–Crippen MR) is 73.1 cm³/mol. The maximum Gasteiger partial charge on any atom is 0.212 e. The summed E-state index contributed by atoms with van der Waals surface area (Å²) < 4.78 is 9.95. The number of hydrogen-bond donors (Lipinski definition) is 1. The summed E-state index contributed by atoms with van der Waals surface area (Å²) in [7, 11) is 3.05. The molecule has 0 radical (unpaired) electrons. The lowest BCUT2D eigenvalue weighted by Gasteiger charge is -2.10. The summed E-state index contributed by atoms with van der Waals surface area (Å²) in [5, 5.41) is 10.1. The Kier molecular flexibility index (Phi) is 4.32. The largest absolute Gasteiger partial charge is 0.497 e. The van der Waals surface area contributed by atoms with Gasteiger partial charge in [-0.1, -0.05) is 12.1 Å². The fourth-order valence-corrected chi connectivity index (χ4v) is 1.74. The first-order valence-electron chi connectivity index (χ1n) is 6.02. The molecule has 1 atom stereocenters. The van der Waals surface area contributed by atoms with Crippen LogP contribution in [0.1, 0.15) is 22.0 Å². The van der Waals surface area contributed by atoms with Crippen LogP contribution in [-0.2, 0) is 0 Å². The number of Topliss-reactive ketones (excluding diaryl/α,β-unsaturated/α-hetero) is 1. The van der Waals surface area contributed by atoms with Crippen LogP contribution < -0.4 is 9.47 Å². The van der Waals surface area contributed by atoms with Gasteiger partial charge in [-0.3, -0.25) is 4.79 Å². The van der Waals surface area contributed by atoms with E-state index in [0.29, 0.717) is 22.8 Å². The number of carbonyl (C=O) groups excluding carboxylic acids is 1. The van der Waals surface area contributed by atoms with Gasteiger partial charge in [-0.2, -0.15) is 0 Å². The molecule has 0 fully saturated rings. The van der Waals surface area contributed by atoms with Crippen molar-refractivity contribution in [3.8, 4) is 11.6 Å². The van der Waals surface area contributed by atoms with Crippen LogP contribution >= 0.6 is 0 Å². The molecule has 2 rings (SSSR count). The van der Waals surface area contributed by atoms with Crippen LogP contribution in [0.25, 0.3) is 0 Å². The Labute approximate surface area is 116 Å². The summed E-state index contributed by atoms with van der Waals surface area (Å²) in [6, 6.07) is 9.84. The Morgan fingerprint density at radius 2 is 1.80 bits per heavy atom. The Morgan fingerprint density at radius 1 is 1.10 bits per heavy atom. The number of nitrogens with zero attached hydrogens (tertiary/aromatic N) is 1. The second kappa shape index (κ2) is 6.16. The number of rotatable bonds is 5. The minimum atomic E-state index is -1.23. The first-order valence-corrected chi connectivity index (χ1v) is 6.02.